The summed E-state index contributed by atoms with van der Waals surface area (Å²) < 4.78 is 3.10. The van der Waals surface area contributed by atoms with Gasteiger partial charge in [0, 0.05) is 7.05 Å². The Morgan fingerprint density at radius 3 is 2.75 bits per heavy atom. The molecule has 1 aromatic rings. The summed E-state index contributed by atoms with van der Waals surface area (Å²) in [5.41, 5.74) is 1.28. The molecule has 0 saturated heterocycles. The number of halogens is 1. The fraction of sp³-hybridized carbons (Fsp3) is 0.750. The first kappa shape index (κ1) is 12.1. The molecule has 1 aromatic heterocycles. The topological polar surface area (TPSA) is 29.9 Å². The number of nitrogens with zero attached hydrogens (tertiary/aromatic N) is 2. The maximum Gasteiger partial charge on any atom is 0.0695 e. The van der Waals surface area contributed by atoms with Crippen molar-refractivity contribution < 1.29 is 0 Å². The molecule has 1 fully saturated rings. The van der Waals surface area contributed by atoms with Gasteiger partial charge in [-0.1, -0.05) is 13.3 Å². The Morgan fingerprint density at radius 2 is 2.31 bits per heavy atom. The van der Waals surface area contributed by atoms with E-state index in [-0.39, 0.29) is 0 Å². The van der Waals surface area contributed by atoms with Crippen molar-refractivity contribution in [3.05, 3.63) is 16.4 Å². The van der Waals surface area contributed by atoms with Gasteiger partial charge in [-0.25, -0.2) is 0 Å². The van der Waals surface area contributed by atoms with Gasteiger partial charge in [-0.2, -0.15) is 5.10 Å². The summed E-state index contributed by atoms with van der Waals surface area (Å²) in [5, 5.41) is 7.76. The van der Waals surface area contributed by atoms with Crippen LogP contribution in [0.15, 0.2) is 10.7 Å². The van der Waals surface area contributed by atoms with Crippen LogP contribution in [0.1, 0.15) is 37.9 Å². The van der Waals surface area contributed by atoms with Gasteiger partial charge in [0.25, 0.3) is 0 Å². The molecule has 0 amide bonds. The Morgan fingerprint density at radius 1 is 1.56 bits per heavy atom. The number of hydrogen-bond acceptors (Lipinski definition) is 2. The van der Waals surface area contributed by atoms with Crippen LogP contribution >= 0.6 is 15.9 Å². The lowest BCUT2D eigenvalue weighted by Gasteiger charge is -2.24. The van der Waals surface area contributed by atoms with Gasteiger partial charge in [0.2, 0.25) is 0 Å². The first-order valence-electron chi connectivity index (χ1n) is 5.98. The van der Waals surface area contributed by atoms with Gasteiger partial charge in [-0.05, 0) is 47.7 Å². The lowest BCUT2D eigenvalue weighted by Crippen LogP contribution is -2.26. The van der Waals surface area contributed by atoms with Crippen molar-refractivity contribution in [1.29, 1.82) is 0 Å². The van der Waals surface area contributed by atoms with Crippen LogP contribution in [0.3, 0.4) is 0 Å². The first-order chi connectivity index (χ1) is 7.63. The smallest absolute Gasteiger partial charge is 0.0695 e. The summed E-state index contributed by atoms with van der Waals surface area (Å²) in [6.45, 7) is 2.35. The lowest BCUT2D eigenvalue weighted by molar-refractivity contribution is 0.361. The molecule has 0 bridgehead atoms. The van der Waals surface area contributed by atoms with Crippen LogP contribution in [0.2, 0.25) is 0 Å². The second-order valence-electron chi connectivity index (χ2n) is 4.95. The predicted octanol–water partition coefficient (Wildman–Crippen LogP) is 2.88. The quantitative estimate of drug-likeness (QED) is 0.926. The Labute approximate surface area is 106 Å². The van der Waals surface area contributed by atoms with E-state index in [0.29, 0.717) is 6.04 Å². The van der Waals surface area contributed by atoms with Crippen molar-refractivity contribution in [1.82, 2.24) is 15.1 Å². The van der Waals surface area contributed by atoms with Gasteiger partial charge in [0.05, 0.1) is 22.4 Å². The highest BCUT2D eigenvalue weighted by molar-refractivity contribution is 9.10. The molecule has 16 heavy (non-hydrogen) atoms. The van der Waals surface area contributed by atoms with Crippen LogP contribution in [0.25, 0.3) is 0 Å². The van der Waals surface area contributed by atoms with E-state index in [0.717, 1.165) is 16.3 Å². The van der Waals surface area contributed by atoms with E-state index >= 15 is 0 Å². The summed E-state index contributed by atoms with van der Waals surface area (Å²) >= 11 is 3.60. The first-order valence-corrected chi connectivity index (χ1v) is 6.77. The molecule has 0 aromatic carbocycles. The zero-order valence-electron chi connectivity index (χ0n) is 10.2. The van der Waals surface area contributed by atoms with Crippen molar-refractivity contribution in [3.8, 4) is 0 Å². The fourth-order valence-electron chi connectivity index (χ4n) is 2.92. The molecule has 2 rings (SSSR count). The minimum Gasteiger partial charge on any atom is -0.311 e. The van der Waals surface area contributed by atoms with Crippen molar-refractivity contribution in [2.24, 2.45) is 18.9 Å². The van der Waals surface area contributed by atoms with Crippen LogP contribution in [0.5, 0.6) is 0 Å². The molecular formula is C12H20BrN3. The molecule has 3 unspecified atom stereocenters. The SMILES string of the molecule is CNC(c1c(Br)cnn1C)C1CCC(C)C1. The number of rotatable bonds is 3. The van der Waals surface area contributed by atoms with Crippen LogP contribution in [-0.4, -0.2) is 16.8 Å². The summed E-state index contributed by atoms with van der Waals surface area (Å²) in [6, 6.07) is 0.423. The zero-order chi connectivity index (χ0) is 11.7. The van der Waals surface area contributed by atoms with E-state index in [2.05, 4.69) is 33.3 Å². The molecular weight excluding hydrogens is 266 g/mol. The van der Waals surface area contributed by atoms with E-state index < -0.39 is 0 Å². The van der Waals surface area contributed by atoms with Crippen LogP contribution < -0.4 is 5.32 Å². The average Bonchev–Trinajstić information content (AvgIpc) is 2.80. The maximum atomic E-state index is 4.31. The monoisotopic (exact) mass is 285 g/mol. The van der Waals surface area contributed by atoms with Crippen molar-refractivity contribution in [2.75, 3.05) is 7.05 Å². The second kappa shape index (κ2) is 4.88. The largest absolute Gasteiger partial charge is 0.311 e. The molecule has 1 saturated carbocycles. The molecule has 4 heteroatoms. The van der Waals surface area contributed by atoms with Gasteiger partial charge < -0.3 is 5.32 Å². The van der Waals surface area contributed by atoms with Crippen LogP contribution in [0.4, 0.5) is 0 Å². The molecule has 3 atom stereocenters. The standard InChI is InChI=1S/C12H20BrN3/c1-8-4-5-9(6-8)11(14-2)12-10(13)7-15-16(12)3/h7-9,11,14H,4-6H2,1-3H3. The number of nitrogens with one attached hydrogen (secondary N) is 1. The number of hydrogen-bond donors (Lipinski definition) is 1. The molecule has 1 aliphatic carbocycles. The summed E-state index contributed by atoms with van der Waals surface area (Å²) in [6.07, 6.45) is 5.89. The van der Waals surface area contributed by atoms with Gasteiger partial charge in [0.1, 0.15) is 0 Å². The molecule has 0 radical (unpaired) electrons. The fourth-order valence-corrected chi connectivity index (χ4v) is 3.51. The number of aromatic nitrogens is 2. The molecule has 1 N–H and O–H groups in total. The Bertz CT molecular complexity index is 342. The van der Waals surface area contributed by atoms with E-state index in [4.69, 9.17) is 0 Å². The van der Waals surface area contributed by atoms with E-state index in [1.807, 2.05) is 25.0 Å². The van der Waals surface area contributed by atoms with Crippen LogP contribution in [-0.2, 0) is 7.05 Å². The van der Waals surface area contributed by atoms with E-state index in [1.54, 1.807) is 0 Å². The summed E-state index contributed by atoms with van der Waals surface area (Å²) in [5.74, 6) is 1.61. The van der Waals surface area contributed by atoms with Crippen molar-refractivity contribution >= 4 is 15.9 Å². The maximum absolute atomic E-state index is 4.31. The third kappa shape index (κ3) is 2.18. The highest BCUT2D eigenvalue weighted by atomic mass is 79.9. The number of aryl methyl sites for hydroxylation is 1. The highest BCUT2D eigenvalue weighted by Gasteiger charge is 2.31. The highest BCUT2D eigenvalue weighted by Crippen LogP contribution is 2.40. The minimum atomic E-state index is 0.423. The predicted molar refractivity (Wildman–Crippen MR) is 69.2 cm³/mol. The van der Waals surface area contributed by atoms with E-state index in [9.17, 15) is 0 Å². The summed E-state index contributed by atoms with van der Waals surface area (Å²) in [4.78, 5) is 0. The van der Waals surface area contributed by atoms with Gasteiger partial charge in [-0.3, -0.25) is 4.68 Å². The molecule has 3 nitrogen and oxygen atoms in total. The molecule has 0 spiro atoms. The Kier molecular flexibility index (Phi) is 3.70. The van der Waals surface area contributed by atoms with Gasteiger partial charge in [0.15, 0.2) is 0 Å². The normalized spacial score (nSPS) is 27.2. The molecule has 1 aliphatic rings. The van der Waals surface area contributed by atoms with Gasteiger partial charge >= 0.3 is 0 Å². The third-order valence-electron chi connectivity index (χ3n) is 3.75. The van der Waals surface area contributed by atoms with Crippen molar-refractivity contribution in [3.63, 3.8) is 0 Å². The van der Waals surface area contributed by atoms with Crippen LogP contribution in [0, 0.1) is 11.8 Å². The Balaban J connectivity index is 2.22. The zero-order valence-corrected chi connectivity index (χ0v) is 11.8. The molecule has 90 valence electrons. The second-order valence-corrected chi connectivity index (χ2v) is 5.80. The molecule has 0 aliphatic heterocycles. The van der Waals surface area contributed by atoms with Crippen molar-refractivity contribution in [2.45, 2.75) is 32.2 Å². The average molecular weight is 286 g/mol. The third-order valence-corrected chi connectivity index (χ3v) is 4.36. The van der Waals surface area contributed by atoms with Gasteiger partial charge in [-0.15, -0.1) is 0 Å². The summed E-state index contributed by atoms with van der Waals surface area (Å²) in [7, 11) is 4.07. The Hall–Kier alpha value is -0.350. The minimum absolute atomic E-state index is 0.423. The lowest BCUT2D eigenvalue weighted by atomic mass is 9.94. The molecule has 1 heterocycles. The van der Waals surface area contributed by atoms with E-state index in [1.165, 1.54) is 25.0 Å².